The Labute approximate surface area is 51.5 Å². The normalized spacial score (nSPS) is 9.67. The predicted octanol–water partition coefficient (Wildman–Crippen LogP) is -0.890. The van der Waals surface area contributed by atoms with Crippen molar-refractivity contribution in [2.24, 2.45) is 0 Å². The van der Waals surface area contributed by atoms with E-state index in [1.54, 1.807) is 0 Å². The van der Waals surface area contributed by atoms with Gasteiger partial charge in [0.2, 0.25) is 0 Å². The Morgan fingerprint density at radius 3 is 1.33 bits per heavy atom. The van der Waals surface area contributed by atoms with Crippen molar-refractivity contribution in [3.63, 3.8) is 0 Å². The van der Waals surface area contributed by atoms with Crippen LogP contribution >= 0.6 is 0 Å². The van der Waals surface area contributed by atoms with Gasteiger partial charge in [0.15, 0.2) is 0 Å². The maximum absolute atomic E-state index is 8.52. The molecule has 0 aliphatic carbocycles. The van der Waals surface area contributed by atoms with Crippen molar-refractivity contribution in [2.45, 2.75) is 0 Å². The molecule has 0 N–H and O–H groups in total. The quantitative estimate of drug-likeness (QED) is 0.258. The summed E-state index contributed by atoms with van der Waals surface area (Å²) in [4.78, 5) is 0. The summed E-state index contributed by atoms with van der Waals surface area (Å²) in [6, 6.07) is 0. The average molecular weight is 155 g/mol. The number of rotatable bonds is 0. The summed E-state index contributed by atoms with van der Waals surface area (Å²) in [6.45, 7) is 0. The smallest absolute Gasteiger partial charge is 0.0311 e. The first-order valence-electron chi connectivity index (χ1n) is 0.667. The van der Waals surface area contributed by atoms with Crippen LogP contribution in [0.2, 0.25) is 0 Å². The Kier molecular flexibility index (Phi) is 4.08. The van der Waals surface area contributed by atoms with E-state index < -0.39 is 10.4 Å². The van der Waals surface area contributed by atoms with Crippen molar-refractivity contribution in [1.82, 2.24) is 0 Å². The van der Waals surface area contributed by atoms with E-state index in [0.717, 1.165) is 0 Å². The summed E-state index contributed by atoms with van der Waals surface area (Å²) in [6.07, 6.45) is 0. The first-order chi connectivity index (χ1) is 2.00. The molecule has 47 valence electrons. The topological polar surface area (TPSA) is 80.3 Å². The van der Waals surface area contributed by atoms with E-state index in [-0.39, 0.29) is 22.8 Å². The van der Waals surface area contributed by atoms with Crippen molar-refractivity contribution in [2.75, 3.05) is 0 Å². The molecule has 0 spiro atoms. The van der Waals surface area contributed by atoms with Gasteiger partial charge in [-0.3, -0.25) is 8.42 Å². The maximum Gasteiger partial charge on any atom is 0.0311 e. The average Bonchev–Trinajstić information content (AvgIpc) is 0.722. The zero-order chi connectivity index (χ0) is 4.50. The second kappa shape index (κ2) is 2.54. The van der Waals surface area contributed by atoms with Crippen molar-refractivity contribution in [3.05, 3.63) is 0 Å². The second-order valence-electron chi connectivity index (χ2n) is 0.408. The monoisotopic (exact) mass is 155 g/mol. The molecule has 0 rings (SSSR count). The van der Waals surface area contributed by atoms with E-state index >= 15 is 0 Å². The summed E-state index contributed by atoms with van der Waals surface area (Å²) in [5.41, 5.74) is 0. The van der Waals surface area contributed by atoms with Crippen molar-refractivity contribution in [3.8, 4) is 0 Å². The fourth-order valence-electron chi connectivity index (χ4n) is 0. The zero-order valence-electron chi connectivity index (χ0n) is 6.42. The van der Waals surface area contributed by atoms with Gasteiger partial charge in [0.05, 0.1) is 0 Å². The molecule has 0 heterocycles. The van der Waals surface area contributed by atoms with Gasteiger partial charge in [0.1, 0.15) is 0 Å². The first kappa shape index (κ1) is 9.63. The van der Waals surface area contributed by atoms with Crippen LogP contribution in [-0.2, 0) is 27.5 Å². The fourth-order valence-corrected chi connectivity index (χ4v) is 0. The van der Waals surface area contributed by atoms with E-state index in [4.69, 9.17) is 17.5 Å². The Morgan fingerprint density at radius 1 is 1.33 bits per heavy atom. The van der Waals surface area contributed by atoms with Gasteiger partial charge in [-0.2, -0.15) is 0 Å². The third kappa shape index (κ3) is 332. The summed E-state index contributed by atoms with van der Waals surface area (Å²) < 4.78 is 34.1. The summed E-state index contributed by atoms with van der Waals surface area (Å²) in [5.74, 6) is 0. The Hall–Kier alpha value is 0.389. The Bertz CT molecular complexity index is 100. The first-order valence-corrected chi connectivity index (χ1v) is 2.00. The molecule has 0 saturated carbocycles. The third-order valence-electron chi connectivity index (χ3n) is 0. The van der Waals surface area contributed by atoms with Gasteiger partial charge in [-0.15, -0.1) is 0 Å². The van der Waals surface area contributed by atoms with Crippen LogP contribution in [-0.4, -0.2) is 17.5 Å². The van der Waals surface area contributed by atoms with E-state index in [1.165, 1.54) is 0 Å². The molecule has 0 amide bonds. The molecule has 0 aromatic carbocycles. The summed E-state index contributed by atoms with van der Waals surface area (Å²) >= 11 is 0. The van der Waals surface area contributed by atoms with Crippen molar-refractivity contribution < 1.29 is 40.3 Å². The molecule has 4 nitrogen and oxygen atoms in total. The van der Waals surface area contributed by atoms with Crippen LogP contribution in [0.3, 0.4) is 0 Å². The SMILES string of the molecule is O=S(=O)([O-])[O-].[H-].[H-].[H-].[H-].[Mn]. The standard InChI is InChI=1S/Mn.H2O4S.4H/c;1-5(2,3)4;;;;/h;(H2,1,2,3,4);;;;/q;;4*-1/p-2. The van der Waals surface area contributed by atoms with Crippen molar-refractivity contribution in [1.29, 1.82) is 0 Å². The molecule has 0 bridgehead atoms. The maximum atomic E-state index is 8.52. The molecule has 0 aliphatic heterocycles. The van der Waals surface area contributed by atoms with E-state index in [0.29, 0.717) is 0 Å². The van der Waals surface area contributed by atoms with Gasteiger partial charge >= 0.3 is 0 Å². The summed E-state index contributed by atoms with van der Waals surface area (Å²) in [5, 5.41) is 0. The van der Waals surface area contributed by atoms with Gasteiger partial charge in [0, 0.05) is 27.5 Å². The van der Waals surface area contributed by atoms with Gasteiger partial charge in [0.25, 0.3) is 0 Å². The van der Waals surface area contributed by atoms with E-state index in [1.807, 2.05) is 0 Å². The predicted molar refractivity (Wildman–Crippen MR) is 14.9 cm³/mol. The number of hydrogen-bond acceptors (Lipinski definition) is 4. The molecule has 0 saturated heterocycles. The molecular weight excluding hydrogens is 151 g/mol. The zero-order valence-corrected chi connectivity index (χ0v) is 4.42. The van der Waals surface area contributed by atoms with E-state index in [9.17, 15) is 0 Å². The molecule has 0 aromatic rings. The molecule has 6 heavy (non-hydrogen) atoms. The minimum atomic E-state index is -5.17. The van der Waals surface area contributed by atoms with Crippen LogP contribution in [0.15, 0.2) is 0 Å². The van der Waals surface area contributed by atoms with E-state index in [2.05, 4.69) is 0 Å². The molecule has 0 aromatic heterocycles. The fraction of sp³-hybridized carbons (Fsp3) is 0. The Morgan fingerprint density at radius 2 is 1.33 bits per heavy atom. The third-order valence-corrected chi connectivity index (χ3v) is 0. The van der Waals surface area contributed by atoms with Gasteiger partial charge < -0.3 is 14.8 Å². The molecule has 0 fully saturated rings. The van der Waals surface area contributed by atoms with Crippen LogP contribution in [0.1, 0.15) is 5.71 Å². The largest absolute Gasteiger partial charge is 1.00 e. The molecule has 1 radical (unpaired) electrons. The molecule has 0 unspecified atom stereocenters. The molecule has 0 atom stereocenters. The van der Waals surface area contributed by atoms with Gasteiger partial charge in [-0.05, 0) is 0 Å². The van der Waals surface area contributed by atoms with Crippen LogP contribution in [0.25, 0.3) is 0 Å². The van der Waals surface area contributed by atoms with Crippen LogP contribution in [0.4, 0.5) is 0 Å². The minimum absolute atomic E-state index is 0. The van der Waals surface area contributed by atoms with Crippen molar-refractivity contribution >= 4 is 10.4 Å². The molecular formula is H4MnO4S-6. The summed E-state index contributed by atoms with van der Waals surface area (Å²) in [7, 11) is -5.17. The minimum Gasteiger partial charge on any atom is -1.00 e. The Balaban J connectivity index is -0.00000000800. The van der Waals surface area contributed by atoms with Gasteiger partial charge in [-0.25, -0.2) is 0 Å². The van der Waals surface area contributed by atoms with Crippen LogP contribution in [0.5, 0.6) is 0 Å². The second-order valence-corrected chi connectivity index (χ2v) is 1.22. The molecule has 6 heteroatoms. The van der Waals surface area contributed by atoms with Gasteiger partial charge in [-0.1, -0.05) is 0 Å². The number of hydrogen-bond donors (Lipinski definition) is 0. The molecule has 0 aliphatic rings. The van der Waals surface area contributed by atoms with Crippen LogP contribution < -0.4 is 0 Å². The van der Waals surface area contributed by atoms with Crippen LogP contribution in [0, 0.1) is 0 Å².